The van der Waals surface area contributed by atoms with Crippen LogP contribution in [0.1, 0.15) is 52.9 Å². The van der Waals surface area contributed by atoms with Crippen molar-refractivity contribution in [2.24, 2.45) is 11.8 Å². The van der Waals surface area contributed by atoms with Crippen LogP contribution in [0.5, 0.6) is 11.5 Å². The summed E-state index contributed by atoms with van der Waals surface area (Å²) in [5.74, 6) is -1.42. The van der Waals surface area contributed by atoms with Crippen molar-refractivity contribution in [1.82, 2.24) is 15.3 Å². The van der Waals surface area contributed by atoms with Crippen LogP contribution in [-0.2, 0) is 24.0 Å². The lowest BCUT2D eigenvalue weighted by atomic mass is 9.80. The van der Waals surface area contributed by atoms with Gasteiger partial charge in [0, 0.05) is 18.4 Å². The number of methoxy groups -OCH3 is 1. The Labute approximate surface area is 239 Å². The SMILES string of the molecule is COc1cccc(COc2ccc3c(c2)CCN3c2ncc(C(=O)NC3(C(=O)O)CC4CCC3C4)c(C(F)(F)F)n2)c1. The number of hydrogen-bond donors (Lipinski definition) is 2. The number of aromatic nitrogens is 2. The molecule has 12 heteroatoms. The molecule has 1 aromatic heterocycles. The molecule has 9 nitrogen and oxygen atoms in total. The number of benzene rings is 2. The summed E-state index contributed by atoms with van der Waals surface area (Å²) in [5.41, 5.74) is -1.36. The number of alkyl halides is 3. The van der Waals surface area contributed by atoms with Gasteiger partial charge in [0.25, 0.3) is 5.91 Å². The minimum absolute atomic E-state index is 0.134. The lowest BCUT2D eigenvalue weighted by molar-refractivity contribution is -0.146. The number of rotatable bonds is 8. The van der Waals surface area contributed by atoms with E-state index in [0.717, 1.165) is 23.7 Å². The van der Waals surface area contributed by atoms with Gasteiger partial charge in [-0.3, -0.25) is 4.79 Å². The van der Waals surface area contributed by atoms with E-state index in [2.05, 4.69) is 15.3 Å². The number of hydrogen-bond acceptors (Lipinski definition) is 7. The van der Waals surface area contributed by atoms with Gasteiger partial charge in [-0.05, 0) is 85.4 Å². The highest BCUT2D eigenvalue weighted by Crippen LogP contribution is 2.51. The molecule has 1 aliphatic heterocycles. The molecule has 0 radical (unpaired) electrons. The summed E-state index contributed by atoms with van der Waals surface area (Å²) in [7, 11) is 1.59. The number of carboxylic acid groups (broad SMARTS) is 1. The maximum absolute atomic E-state index is 14.2. The van der Waals surface area contributed by atoms with E-state index in [1.165, 1.54) is 0 Å². The van der Waals surface area contributed by atoms with Gasteiger partial charge in [0.1, 0.15) is 23.6 Å². The Bertz CT molecular complexity index is 1550. The number of carbonyl (C=O) groups is 2. The van der Waals surface area contributed by atoms with E-state index in [4.69, 9.17) is 9.47 Å². The van der Waals surface area contributed by atoms with Crippen molar-refractivity contribution in [1.29, 1.82) is 0 Å². The van der Waals surface area contributed by atoms with Gasteiger partial charge < -0.3 is 24.8 Å². The molecule has 2 aliphatic carbocycles. The van der Waals surface area contributed by atoms with E-state index in [0.29, 0.717) is 49.6 Å². The monoisotopic (exact) mass is 582 g/mol. The summed E-state index contributed by atoms with van der Waals surface area (Å²) < 4.78 is 53.7. The van der Waals surface area contributed by atoms with Crippen molar-refractivity contribution in [3.8, 4) is 11.5 Å². The van der Waals surface area contributed by atoms with Crippen LogP contribution >= 0.6 is 0 Å². The molecule has 2 N–H and O–H groups in total. The molecule has 2 heterocycles. The third kappa shape index (κ3) is 4.99. The fraction of sp³-hybridized carbons (Fsp3) is 0.400. The summed E-state index contributed by atoms with van der Waals surface area (Å²) in [6.45, 7) is 0.647. The number of amides is 1. The number of fused-ring (bicyclic) bond motifs is 3. The standard InChI is InChI=1S/C30H29F3N4O5/c1-41-21-4-2-3-18(12-21)16-42-22-7-8-24-19(13-22)9-10-37(24)28-34-15-23(25(35-28)30(31,32)33)26(38)36-29(27(39)40)14-17-5-6-20(29)11-17/h2-4,7-8,12-13,15,17,20H,5-6,9-11,14,16H2,1H3,(H,36,38)(H,39,40). The molecule has 42 heavy (non-hydrogen) atoms. The van der Waals surface area contributed by atoms with Gasteiger partial charge in [-0.1, -0.05) is 12.1 Å². The first-order chi connectivity index (χ1) is 20.1. The topological polar surface area (TPSA) is 114 Å². The van der Waals surface area contributed by atoms with Gasteiger partial charge in [0.05, 0.1) is 12.7 Å². The minimum Gasteiger partial charge on any atom is -0.497 e. The van der Waals surface area contributed by atoms with E-state index < -0.39 is 34.8 Å². The molecule has 3 unspecified atom stereocenters. The molecule has 2 saturated carbocycles. The van der Waals surface area contributed by atoms with Crippen LogP contribution < -0.4 is 19.7 Å². The maximum atomic E-state index is 14.2. The normalized spacial score (nSPS) is 22.6. The number of aliphatic carboxylic acids is 1. The molecule has 6 rings (SSSR count). The summed E-state index contributed by atoms with van der Waals surface area (Å²) >= 11 is 0. The highest BCUT2D eigenvalue weighted by atomic mass is 19.4. The van der Waals surface area contributed by atoms with Gasteiger partial charge in [-0.15, -0.1) is 0 Å². The molecule has 0 spiro atoms. The van der Waals surface area contributed by atoms with Crippen LogP contribution in [0.3, 0.4) is 0 Å². The van der Waals surface area contributed by atoms with Crippen LogP contribution in [0.4, 0.5) is 24.8 Å². The fourth-order valence-electron chi connectivity index (χ4n) is 6.56. The number of carboxylic acids is 1. The number of halogens is 3. The molecular weight excluding hydrogens is 553 g/mol. The average molecular weight is 583 g/mol. The minimum atomic E-state index is -4.96. The summed E-state index contributed by atoms with van der Waals surface area (Å²) in [5, 5.41) is 12.4. The smallest absolute Gasteiger partial charge is 0.434 e. The third-order valence-electron chi connectivity index (χ3n) is 8.58. The van der Waals surface area contributed by atoms with Crippen molar-refractivity contribution in [3.05, 3.63) is 71.0 Å². The van der Waals surface area contributed by atoms with Gasteiger partial charge in [0.2, 0.25) is 5.95 Å². The maximum Gasteiger partial charge on any atom is 0.434 e. The number of nitrogens with one attached hydrogen (secondary N) is 1. The molecule has 220 valence electrons. The predicted octanol–water partition coefficient (Wildman–Crippen LogP) is 5.15. The van der Waals surface area contributed by atoms with E-state index in [1.807, 2.05) is 30.3 Å². The number of carbonyl (C=O) groups excluding carboxylic acids is 1. The first-order valence-electron chi connectivity index (χ1n) is 13.7. The van der Waals surface area contributed by atoms with Crippen LogP contribution in [0.15, 0.2) is 48.7 Å². The van der Waals surface area contributed by atoms with Crippen molar-refractivity contribution in [2.45, 2.75) is 50.4 Å². The lowest BCUT2D eigenvalue weighted by Crippen LogP contribution is -2.58. The molecule has 1 amide bonds. The van der Waals surface area contributed by atoms with E-state index in [-0.39, 0.29) is 24.2 Å². The van der Waals surface area contributed by atoms with Crippen molar-refractivity contribution in [2.75, 3.05) is 18.6 Å². The van der Waals surface area contributed by atoms with Crippen LogP contribution in [-0.4, -0.2) is 46.1 Å². The molecule has 2 fully saturated rings. The second-order valence-corrected chi connectivity index (χ2v) is 11.1. The second-order valence-electron chi connectivity index (χ2n) is 11.1. The molecule has 2 aromatic carbocycles. The van der Waals surface area contributed by atoms with E-state index in [9.17, 15) is 27.9 Å². The summed E-state index contributed by atoms with van der Waals surface area (Å²) in [4.78, 5) is 34.8. The quantitative estimate of drug-likeness (QED) is 0.375. The van der Waals surface area contributed by atoms with E-state index in [1.54, 1.807) is 24.1 Å². The zero-order valence-corrected chi connectivity index (χ0v) is 22.8. The largest absolute Gasteiger partial charge is 0.497 e. The highest BCUT2D eigenvalue weighted by molar-refractivity contribution is 5.99. The Kier molecular flexibility index (Phi) is 6.94. The number of nitrogens with zero attached hydrogens (tertiary/aromatic N) is 3. The first-order valence-corrected chi connectivity index (χ1v) is 13.7. The number of anilines is 2. The van der Waals surface area contributed by atoms with Gasteiger partial charge in [0.15, 0.2) is 5.69 Å². The van der Waals surface area contributed by atoms with Crippen molar-refractivity contribution < 1.29 is 37.3 Å². The Hall–Kier alpha value is -4.35. The Morgan fingerprint density at radius 1 is 1.17 bits per heavy atom. The highest BCUT2D eigenvalue weighted by Gasteiger charge is 2.57. The van der Waals surface area contributed by atoms with Crippen LogP contribution in [0.2, 0.25) is 0 Å². The van der Waals surface area contributed by atoms with Crippen LogP contribution in [0, 0.1) is 11.8 Å². The molecule has 0 saturated heterocycles. The predicted molar refractivity (Wildman–Crippen MR) is 145 cm³/mol. The van der Waals surface area contributed by atoms with Crippen molar-refractivity contribution >= 4 is 23.5 Å². The number of ether oxygens (including phenoxy) is 2. The molecular formula is C30H29F3N4O5. The van der Waals surface area contributed by atoms with Gasteiger partial charge >= 0.3 is 12.1 Å². The second kappa shape index (κ2) is 10.5. The fourth-order valence-corrected chi connectivity index (χ4v) is 6.56. The Balaban J connectivity index is 1.22. The van der Waals surface area contributed by atoms with Gasteiger partial charge in [-0.2, -0.15) is 13.2 Å². The Morgan fingerprint density at radius 2 is 2.00 bits per heavy atom. The summed E-state index contributed by atoms with van der Waals surface area (Å²) in [6.07, 6.45) is -1.29. The zero-order chi connectivity index (χ0) is 29.6. The molecule has 3 atom stereocenters. The molecule has 3 aliphatic rings. The zero-order valence-electron chi connectivity index (χ0n) is 22.8. The Morgan fingerprint density at radius 3 is 2.69 bits per heavy atom. The van der Waals surface area contributed by atoms with E-state index >= 15 is 0 Å². The van der Waals surface area contributed by atoms with Gasteiger partial charge in [-0.25, -0.2) is 14.8 Å². The average Bonchev–Trinajstić information content (AvgIpc) is 3.70. The first kappa shape index (κ1) is 27.8. The van der Waals surface area contributed by atoms with Crippen LogP contribution in [0.25, 0.3) is 0 Å². The molecule has 2 bridgehead atoms. The van der Waals surface area contributed by atoms with Crippen molar-refractivity contribution in [3.63, 3.8) is 0 Å². The molecule has 3 aromatic rings. The third-order valence-corrected chi connectivity index (χ3v) is 8.58. The lowest BCUT2D eigenvalue weighted by Gasteiger charge is -2.34. The summed E-state index contributed by atoms with van der Waals surface area (Å²) in [6, 6.07) is 12.8.